The molecule has 0 atom stereocenters. The lowest BCUT2D eigenvalue weighted by atomic mass is 11.8. The van der Waals surface area contributed by atoms with Crippen molar-refractivity contribution in [2.75, 3.05) is 0 Å². The van der Waals surface area contributed by atoms with E-state index in [2.05, 4.69) is 0 Å². The fourth-order valence-electron chi connectivity index (χ4n) is 0.737. The van der Waals surface area contributed by atoms with Crippen LogP contribution in [0.25, 0.3) is 0 Å². The maximum Gasteiger partial charge on any atom is 0.357 e. The van der Waals surface area contributed by atoms with E-state index in [4.69, 9.17) is 4.12 Å². The highest BCUT2D eigenvalue weighted by atomic mass is 28.4. The largest absolute Gasteiger partial charge is 0.435 e. The van der Waals surface area contributed by atoms with Crippen LogP contribution in [0.3, 0.4) is 0 Å². The van der Waals surface area contributed by atoms with E-state index in [-0.39, 0.29) is 0 Å². The molecule has 9 heavy (non-hydrogen) atoms. The zero-order valence-corrected chi connectivity index (χ0v) is 8.82. The van der Waals surface area contributed by atoms with Crippen LogP contribution in [0.1, 0.15) is 0 Å². The Morgan fingerprint density at radius 2 is 1.33 bits per heavy atom. The molecule has 0 saturated heterocycles. The Balaban J connectivity index is 3.75. The van der Waals surface area contributed by atoms with Gasteiger partial charge in [-0.2, -0.15) is 0 Å². The maximum atomic E-state index is 11.1. The van der Waals surface area contributed by atoms with Gasteiger partial charge in [0.1, 0.15) is 0 Å². The molecule has 55 valence electrons. The molecule has 0 N–H and O–H groups in total. The van der Waals surface area contributed by atoms with Crippen LogP contribution >= 0.6 is 0 Å². The second-order valence-corrected chi connectivity index (χ2v) is 11.5. The molecule has 0 amide bonds. The third-order valence-electron chi connectivity index (χ3n) is 0.552. The Kier molecular flexibility index (Phi) is 2.63. The molecule has 0 saturated carbocycles. The van der Waals surface area contributed by atoms with Crippen molar-refractivity contribution < 1.29 is 8.91 Å². The van der Waals surface area contributed by atoms with E-state index in [1.807, 2.05) is 19.6 Å². The van der Waals surface area contributed by atoms with Gasteiger partial charge in [0, 0.05) is 0 Å². The molecule has 0 heterocycles. The van der Waals surface area contributed by atoms with Crippen molar-refractivity contribution in [2.45, 2.75) is 32.7 Å². The van der Waals surface area contributed by atoms with Crippen molar-refractivity contribution in [1.29, 1.82) is 0 Å². The molecule has 0 aromatic carbocycles. The first-order valence-electron chi connectivity index (χ1n) is 3.11. The van der Waals surface area contributed by atoms with Gasteiger partial charge in [0.2, 0.25) is 0 Å². The van der Waals surface area contributed by atoms with Gasteiger partial charge in [-0.05, 0) is 32.7 Å². The molecule has 0 aliphatic rings. The second-order valence-electron chi connectivity index (χ2n) is 3.61. The van der Waals surface area contributed by atoms with Crippen molar-refractivity contribution in [3.05, 3.63) is 0 Å². The summed E-state index contributed by atoms with van der Waals surface area (Å²) in [5, 5.41) is 0. The van der Waals surface area contributed by atoms with E-state index in [0.717, 1.165) is 0 Å². The van der Waals surface area contributed by atoms with Crippen molar-refractivity contribution in [3.63, 3.8) is 0 Å². The molecule has 0 fully saturated rings. The third-order valence-corrected chi connectivity index (χ3v) is 4.97. The summed E-state index contributed by atoms with van der Waals surface area (Å²) in [5.41, 5.74) is 0. The van der Waals surface area contributed by atoms with Crippen LogP contribution in [0.15, 0.2) is 0 Å². The molecule has 0 aromatic rings. The van der Waals surface area contributed by atoms with Crippen molar-refractivity contribution in [2.24, 2.45) is 0 Å². The molecule has 0 aliphatic heterocycles. The topological polar surface area (TPSA) is 29.1 Å². The van der Waals surface area contributed by atoms with Crippen molar-refractivity contribution in [1.82, 2.24) is 0 Å². The van der Waals surface area contributed by atoms with Gasteiger partial charge in [0.05, 0.1) is 0 Å². The van der Waals surface area contributed by atoms with E-state index in [1.165, 1.54) is 0 Å². The molecule has 0 rings (SSSR count). The standard InChI is InChI=1S/C5H15O2Si2/c1-8(2,3)7-9(4,5)6/h1-5H3. The van der Waals surface area contributed by atoms with Crippen LogP contribution in [0.5, 0.6) is 0 Å². The van der Waals surface area contributed by atoms with E-state index >= 15 is 0 Å². The van der Waals surface area contributed by atoms with E-state index < -0.39 is 16.9 Å². The maximum absolute atomic E-state index is 11.1. The Bertz CT molecular complexity index is 78.1. The summed E-state index contributed by atoms with van der Waals surface area (Å²) in [5.74, 6) is 0. The molecule has 0 spiro atoms. The number of hydrogen-bond donors (Lipinski definition) is 0. The van der Waals surface area contributed by atoms with Crippen LogP contribution in [0.2, 0.25) is 32.7 Å². The zero-order chi connectivity index (χ0) is 7.71. The molecular weight excluding hydrogens is 148 g/mol. The van der Waals surface area contributed by atoms with Gasteiger partial charge in [0.15, 0.2) is 8.32 Å². The first kappa shape index (κ1) is 9.35. The van der Waals surface area contributed by atoms with E-state index in [0.29, 0.717) is 0 Å². The Hall–Kier alpha value is 0.354. The van der Waals surface area contributed by atoms with Crippen LogP contribution in [-0.2, 0) is 8.91 Å². The first-order valence-corrected chi connectivity index (χ1v) is 9.34. The molecular formula is C5H15O2Si2. The summed E-state index contributed by atoms with van der Waals surface area (Å²) in [7, 11) is -4.02. The smallest absolute Gasteiger partial charge is 0.357 e. The van der Waals surface area contributed by atoms with Gasteiger partial charge in [-0.25, -0.2) is 0 Å². The van der Waals surface area contributed by atoms with Gasteiger partial charge in [-0.1, -0.05) is 0 Å². The average Bonchev–Trinajstić information content (AvgIpc) is 1.14. The SMILES string of the molecule is C[Si](C)(C)O[Si](C)(C)[O]. The highest BCUT2D eigenvalue weighted by Gasteiger charge is 2.29. The van der Waals surface area contributed by atoms with Gasteiger partial charge < -0.3 is 4.12 Å². The van der Waals surface area contributed by atoms with Crippen LogP contribution in [0, 0.1) is 0 Å². The highest BCUT2D eigenvalue weighted by Crippen LogP contribution is 2.10. The summed E-state index contributed by atoms with van der Waals surface area (Å²) in [6.45, 7) is 9.50. The minimum absolute atomic E-state index is 1.54. The number of rotatable bonds is 2. The Morgan fingerprint density at radius 1 is 1.00 bits per heavy atom. The van der Waals surface area contributed by atoms with Crippen molar-refractivity contribution >= 4 is 16.9 Å². The van der Waals surface area contributed by atoms with E-state index in [9.17, 15) is 4.80 Å². The van der Waals surface area contributed by atoms with Crippen LogP contribution < -0.4 is 0 Å². The molecule has 0 aromatic heterocycles. The molecule has 2 nitrogen and oxygen atoms in total. The van der Waals surface area contributed by atoms with Gasteiger partial charge in [-0.15, -0.1) is 0 Å². The lowest BCUT2D eigenvalue weighted by Gasteiger charge is -2.24. The van der Waals surface area contributed by atoms with Gasteiger partial charge in [0.25, 0.3) is 0 Å². The first-order chi connectivity index (χ1) is 3.71. The molecule has 0 bridgehead atoms. The zero-order valence-electron chi connectivity index (χ0n) is 6.82. The summed E-state index contributed by atoms with van der Waals surface area (Å²) in [6.07, 6.45) is 0. The minimum atomic E-state index is -2.48. The highest BCUT2D eigenvalue weighted by molar-refractivity contribution is 6.80. The average molecular weight is 163 g/mol. The lowest BCUT2D eigenvalue weighted by Crippen LogP contribution is -2.41. The lowest BCUT2D eigenvalue weighted by molar-refractivity contribution is 0.318. The molecule has 0 unspecified atom stereocenters. The van der Waals surface area contributed by atoms with Gasteiger partial charge in [-0.3, -0.25) is 4.80 Å². The summed E-state index contributed by atoms with van der Waals surface area (Å²) in [4.78, 5) is 11.1. The summed E-state index contributed by atoms with van der Waals surface area (Å²) < 4.78 is 5.35. The Morgan fingerprint density at radius 3 is 1.33 bits per heavy atom. The second kappa shape index (κ2) is 2.53. The molecule has 1 radical (unpaired) electrons. The van der Waals surface area contributed by atoms with Crippen LogP contribution in [0.4, 0.5) is 0 Å². The predicted octanol–water partition coefficient (Wildman–Crippen LogP) is 1.97. The summed E-state index contributed by atoms with van der Waals surface area (Å²) >= 11 is 0. The van der Waals surface area contributed by atoms with Gasteiger partial charge >= 0.3 is 8.56 Å². The van der Waals surface area contributed by atoms with Crippen LogP contribution in [-0.4, -0.2) is 16.9 Å². The monoisotopic (exact) mass is 163 g/mol. The minimum Gasteiger partial charge on any atom is -0.435 e. The summed E-state index contributed by atoms with van der Waals surface area (Å²) in [6, 6.07) is 0. The van der Waals surface area contributed by atoms with E-state index in [1.54, 1.807) is 13.1 Å². The van der Waals surface area contributed by atoms with Crippen molar-refractivity contribution in [3.8, 4) is 0 Å². The number of hydrogen-bond acceptors (Lipinski definition) is 1. The third kappa shape index (κ3) is 8.35. The predicted molar refractivity (Wildman–Crippen MR) is 42.6 cm³/mol. The Labute approximate surface area is 59.2 Å². The molecule has 0 aliphatic carbocycles. The fraction of sp³-hybridized carbons (Fsp3) is 1.00. The fourth-order valence-corrected chi connectivity index (χ4v) is 6.64. The molecule has 4 heteroatoms. The quantitative estimate of drug-likeness (QED) is 0.572. The normalized spacial score (nSPS) is 14.0.